The lowest BCUT2D eigenvalue weighted by atomic mass is 10.2. The first-order valence-electron chi connectivity index (χ1n) is 9.38. The van der Waals surface area contributed by atoms with Gasteiger partial charge >= 0.3 is 0 Å². The van der Waals surface area contributed by atoms with Crippen LogP contribution in [0.1, 0.15) is 23.0 Å². The minimum atomic E-state index is -0.472. The standard InChI is InChI=1S/C21H18ClN5O4/c1-3-13-10-19(28)25-21(23-13)27-18(11-15(26-27)17-5-4-8-31-17)24-20(29)14-9-12(22)6-7-16(14)30-2/h4-11H,3H2,1-2H3,(H,24,29)(H,23,25,28). The van der Waals surface area contributed by atoms with Gasteiger partial charge in [0.05, 0.1) is 18.9 Å². The van der Waals surface area contributed by atoms with Crippen molar-refractivity contribution in [1.29, 1.82) is 0 Å². The summed E-state index contributed by atoms with van der Waals surface area (Å²) in [6, 6.07) is 11.2. The van der Waals surface area contributed by atoms with Crippen LogP contribution in [0.25, 0.3) is 17.4 Å². The van der Waals surface area contributed by atoms with E-state index in [0.717, 1.165) is 0 Å². The second-order valence-corrected chi connectivity index (χ2v) is 6.95. The molecule has 0 saturated carbocycles. The van der Waals surface area contributed by atoms with E-state index >= 15 is 0 Å². The number of halogens is 1. The molecule has 4 rings (SSSR count). The van der Waals surface area contributed by atoms with Crippen molar-refractivity contribution in [1.82, 2.24) is 19.7 Å². The van der Waals surface area contributed by atoms with Gasteiger partial charge in [-0.1, -0.05) is 18.5 Å². The van der Waals surface area contributed by atoms with Crippen LogP contribution in [0, 0.1) is 0 Å². The van der Waals surface area contributed by atoms with Crippen LogP contribution >= 0.6 is 11.6 Å². The summed E-state index contributed by atoms with van der Waals surface area (Å²) >= 11 is 6.06. The van der Waals surface area contributed by atoms with E-state index in [-0.39, 0.29) is 22.9 Å². The number of anilines is 1. The van der Waals surface area contributed by atoms with E-state index in [1.54, 1.807) is 30.3 Å². The van der Waals surface area contributed by atoms with Crippen LogP contribution in [0.2, 0.25) is 5.02 Å². The lowest BCUT2D eigenvalue weighted by molar-refractivity contribution is 0.102. The Morgan fingerprint density at radius 3 is 2.84 bits per heavy atom. The molecule has 10 heteroatoms. The number of aromatic nitrogens is 4. The summed E-state index contributed by atoms with van der Waals surface area (Å²) < 4.78 is 12.0. The molecule has 0 radical (unpaired) electrons. The number of rotatable bonds is 6. The van der Waals surface area contributed by atoms with Gasteiger partial charge in [0, 0.05) is 22.8 Å². The molecule has 0 fully saturated rings. The minimum Gasteiger partial charge on any atom is -0.496 e. The zero-order valence-electron chi connectivity index (χ0n) is 16.7. The number of nitrogens with zero attached hydrogens (tertiary/aromatic N) is 3. The molecule has 31 heavy (non-hydrogen) atoms. The van der Waals surface area contributed by atoms with E-state index in [9.17, 15) is 9.59 Å². The first-order chi connectivity index (χ1) is 15.0. The number of benzene rings is 1. The molecule has 0 atom stereocenters. The van der Waals surface area contributed by atoms with E-state index in [1.165, 1.54) is 30.2 Å². The summed E-state index contributed by atoms with van der Waals surface area (Å²) in [6.45, 7) is 1.89. The van der Waals surface area contributed by atoms with Crippen molar-refractivity contribution in [3.63, 3.8) is 0 Å². The Kier molecular flexibility index (Phi) is 5.59. The summed E-state index contributed by atoms with van der Waals surface area (Å²) in [5, 5.41) is 7.64. The molecule has 0 spiro atoms. The Balaban J connectivity index is 1.80. The number of nitrogens with one attached hydrogen (secondary N) is 2. The maximum Gasteiger partial charge on any atom is 0.260 e. The second kappa shape index (κ2) is 8.49. The molecule has 3 heterocycles. The highest BCUT2D eigenvalue weighted by atomic mass is 35.5. The maximum absolute atomic E-state index is 13.0. The Morgan fingerprint density at radius 2 is 2.13 bits per heavy atom. The number of carbonyl (C=O) groups excluding carboxylic acids is 1. The highest BCUT2D eigenvalue weighted by Crippen LogP contribution is 2.27. The largest absolute Gasteiger partial charge is 0.496 e. The smallest absolute Gasteiger partial charge is 0.260 e. The molecule has 0 aliphatic heterocycles. The average Bonchev–Trinajstić information content (AvgIpc) is 3.43. The van der Waals surface area contributed by atoms with E-state index < -0.39 is 5.91 Å². The Labute approximate surface area is 181 Å². The molecule has 0 unspecified atom stereocenters. The number of amides is 1. The minimum absolute atomic E-state index is 0.163. The monoisotopic (exact) mass is 439 g/mol. The number of carbonyl (C=O) groups is 1. The first-order valence-corrected chi connectivity index (χ1v) is 9.75. The molecule has 1 aromatic carbocycles. The van der Waals surface area contributed by atoms with E-state index in [2.05, 4.69) is 20.4 Å². The molecule has 0 saturated heterocycles. The molecule has 4 aromatic rings. The number of methoxy groups -OCH3 is 1. The SMILES string of the molecule is CCc1cc(=O)[nH]c(-n2nc(-c3ccco3)cc2NC(=O)c2cc(Cl)ccc2OC)n1. The number of hydrogen-bond acceptors (Lipinski definition) is 6. The molecule has 1 amide bonds. The topological polar surface area (TPSA) is 115 Å². The van der Waals surface area contributed by atoms with Crippen LogP contribution in [-0.2, 0) is 6.42 Å². The van der Waals surface area contributed by atoms with Gasteiger partial charge in [-0.25, -0.2) is 4.98 Å². The van der Waals surface area contributed by atoms with Crippen LogP contribution in [0.3, 0.4) is 0 Å². The lowest BCUT2D eigenvalue weighted by Crippen LogP contribution is -2.19. The molecule has 0 aliphatic carbocycles. The van der Waals surface area contributed by atoms with Crippen LogP contribution in [0.4, 0.5) is 5.82 Å². The quantitative estimate of drug-likeness (QED) is 0.473. The third-order valence-corrected chi connectivity index (χ3v) is 4.71. The summed E-state index contributed by atoms with van der Waals surface area (Å²) in [6.07, 6.45) is 2.08. The molecule has 3 aromatic heterocycles. The molecule has 0 aliphatic rings. The Hall–Kier alpha value is -3.85. The van der Waals surface area contributed by atoms with Gasteiger partial charge in [-0.3, -0.25) is 14.6 Å². The van der Waals surface area contributed by atoms with E-state index in [1.807, 2.05) is 6.92 Å². The van der Waals surface area contributed by atoms with Crippen molar-refractivity contribution < 1.29 is 13.9 Å². The third-order valence-electron chi connectivity index (χ3n) is 4.48. The average molecular weight is 440 g/mol. The predicted molar refractivity (Wildman–Crippen MR) is 115 cm³/mol. The number of ether oxygens (including phenoxy) is 1. The van der Waals surface area contributed by atoms with Gasteiger partial charge in [-0.15, -0.1) is 0 Å². The fourth-order valence-electron chi connectivity index (χ4n) is 2.99. The van der Waals surface area contributed by atoms with Gasteiger partial charge in [0.15, 0.2) is 5.76 Å². The van der Waals surface area contributed by atoms with Crippen molar-refractivity contribution in [2.75, 3.05) is 12.4 Å². The summed E-state index contributed by atoms with van der Waals surface area (Å²) in [5.74, 6) is 0.813. The fraction of sp³-hybridized carbons (Fsp3) is 0.143. The first kappa shape index (κ1) is 20.4. The van der Waals surface area contributed by atoms with Crippen molar-refractivity contribution in [3.05, 3.63) is 75.4 Å². The van der Waals surface area contributed by atoms with E-state index in [0.29, 0.717) is 34.3 Å². The highest BCUT2D eigenvalue weighted by molar-refractivity contribution is 6.31. The normalized spacial score (nSPS) is 10.8. The van der Waals surface area contributed by atoms with E-state index in [4.69, 9.17) is 20.8 Å². The van der Waals surface area contributed by atoms with Crippen LogP contribution < -0.4 is 15.6 Å². The number of hydrogen-bond donors (Lipinski definition) is 2. The Bertz CT molecular complexity index is 1290. The van der Waals surface area contributed by atoms with Crippen molar-refractivity contribution >= 4 is 23.3 Å². The van der Waals surface area contributed by atoms with Gasteiger partial charge in [-0.05, 0) is 36.8 Å². The summed E-state index contributed by atoms with van der Waals surface area (Å²) in [7, 11) is 1.46. The van der Waals surface area contributed by atoms with Crippen molar-refractivity contribution in [2.45, 2.75) is 13.3 Å². The molecule has 2 N–H and O–H groups in total. The van der Waals surface area contributed by atoms with Gasteiger partial charge < -0.3 is 14.5 Å². The van der Waals surface area contributed by atoms with Crippen LogP contribution in [0.5, 0.6) is 5.75 Å². The molecule has 9 nitrogen and oxygen atoms in total. The number of furan rings is 1. The number of aryl methyl sites for hydroxylation is 1. The third kappa shape index (κ3) is 4.22. The molecular formula is C21H18ClN5O4. The molecular weight excluding hydrogens is 422 g/mol. The van der Waals surface area contributed by atoms with Gasteiger partial charge in [0.2, 0.25) is 5.95 Å². The second-order valence-electron chi connectivity index (χ2n) is 6.52. The maximum atomic E-state index is 13.0. The zero-order chi connectivity index (χ0) is 22.0. The van der Waals surface area contributed by atoms with Crippen molar-refractivity contribution in [2.24, 2.45) is 0 Å². The zero-order valence-corrected chi connectivity index (χ0v) is 17.4. The predicted octanol–water partition coefficient (Wildman–Crippen LogP) is 3.69. The van der Waals surface area contributed by atoms with Gasteiger partial charge in [0.1, 0.15) is 17.3 Å². The van der Waals surface area contributed by atoms with Crippen molar-refractivity contribution in [3.8, 4) is 23.2 Å². The summed E-state index contributed by atoms with van der Waals surface area (Å²) in [5.41, 5.74) is 0.947. The Morgan fingerprint density at radius 1 is 1.29 bits per heavy atom. The van der Waals surface area contributed by atoms with Crippen LogP contribution in [-0.4, -0.2) is 32.8 Å². The highest BCUT2D eigenvalue weighted by Gasteiger charge is 2.20. The molecule has 158 valence electrons. The summed E-state index contributed by atoms with van der Waals surface area (Å²) in [4.78, 5) is 32.2. The van der Waals surface area contributed by atoms with Gasteiger partial charge in [-0.2, -0.15) is 9.78 Å². The molecule has 0 bridgehead atoms. The number of aromatic amines is 1. The fourth-order valence-corrected chi connectivity index (χ4v) is 3.17. The van der Waals surface area contributed by atoms with Gasteiger partial charge in [0.25, 0.3) is 11.5 Å². The number of H-pyrrole nitrogens is 1. The lowest BCUT2D eigenvalue weighted by Gasteiger charge is -2.11. The van der Waals surface area contributed by atoms with Crippen LogP contribution in [0.15, 0.2) is 57.9 Å².